The predicted molar refractivity (Wildman–Crippen MR) is 142 cm³/mol. The van der Waals surface area contributed by atoms with Gasteiger partial charge in [0.05, 0.1) is 6.04 Å². The number of likely N-dealkylation sites (tertiary alicyclic amines) is 1. The van der Waals surface area contributed by atoms with Gasteiger partial charge in [-0.3, -0.25) is 14.4 Å². The number of carboxylic acid groups (broad SMARTS) is 1. The lowest BCUT2D eigenvalue weighted by atomic mass is 10.0. The van der Waals surface area contributed by atoms with Gasteiger partial charge in [0.1, 0.15) is 12.1 Å². The number of carbonyl (C=O) groups is 4. The van der Waals surface area contributed by atoms with Gasteiger partial charge in [-0.25, -0.2) is 4.79 Å². The fourth-order valence-electron chi connectivity index (χ4n) is 5.30. The minimum Gasteiger partial charge on any atom is -0.480 e. The van der Waals surface area contributed by atoms with E-state index in [1.807, 2.05) is 60.7 Å². The second-order valence-corrected chi connectivity index (χ2v) is 10.1. The molecule has 4 atom stereocenters. The molecule has 2 aromatic rings. The van der Waals surface area contributed by atoms with E-state index in [1.165, 1.54) is 0 Å². The van der Waals surface area contributed by atoms with E-state index >= 15 is 0 Å². The second-order valence-electron chi connectivity index (χ2n) is 10.1. The van der Waals surface area contributed by atoms with Crippen LogP contribution in [0.1, 0.15) is 43.2 Å². The minimum atomic E-state index is -1.12. The Bertz CT molecular complexity index is 1100. The van der Waals surface area contributed by atoms with E-state index in [2.05, 4.69) is 16.0 Å². The molecule has 2 aliphatic rings. The zero-order valence-corrected chi connectivity index (χ0v) is 21.5. The van der Waals surface area contributed by atoms with Gasteiger partial charge < -0.3 is 26.0 Å². The van der Waals surface area contributed by atoms with Crippen LogP contribution in [0.4, 0.5) is 0 Å². The largest absolute Gasteiger partial charge is 0.480 e. The number of nitrogens with zero attached hydrogens (tertiary/aromatic N) is 1. The molecular weight excluding hydrogens is 484 g/mol. The summed E-state index contributed by atoms with van der Waals surface area (Å²) < 4.78 is 0. The number of amides is 3. The molecule has 3 amide bonds. The molecule has 0 bridgehead atoms. The summed E-state index contributed by atoms with van der Waals surface area (Å²) in [6.45, 7) is 1.34. The highest BCUT2D eigenvalue weighted by Gasteiger charge is 2.38. The molecule has 9 nitrogen and oxygen atoms in total. The van der Waals surface area contributed by atoms with E-state index in [0.29, 0.717) is 19.4 Å². The third-order valence-corrected chi connectivity index (χ3v) is 7.22. The molecule has 2 aromatic carbocycles. The molecule has 0 aliphatic carbocycles. The first kappa shape index (κ1) is 27.3. The third-order valence-electron chi connectivity index (χ3n) is 7.22. The Morgan fingerprint density at radius 2 is 1.55 bits per heavy atom. The van der Waals surface area contributed by atoms with Crippen molar-refractivity contribution in [1.29, 1.82) is 0 Å². The van der Waals surface area contributed by atoms with E-state index in [-0.39, 0.29) is 30.7 Å². The van der Waals surface area contributed by atoms with Gasteiger partial charge in [-0.15, -0.1) is 0 Å². The van der Waals surface area contributed by atoms with Crippen molar-refractivity contribution in [3.05, 3.63) is 71.8 Å². The average Bonchev–Trinajstić information content (AvgIpc) is 3.62. The topological polar surface area (TPSA) is 128 Å². The Kier molecular flexibility index (Phi) is 9.48. The van der Waals surface area contributed by atoms with Crippen LogP contribution < -0.4 is 16.0 Å². The van der Waals surface area contributed by atoms with Crippen molar-refractivity contribution in [3.63, 3.8) is 0 Å². The van der Waals surface area contributed by atoms with Gasteiger partial charge in [-0.05, 0) is 49.8 Å². The average molecular weight is 521 g/mol. The first-order valence-electron chi connectivity index (χ1n) is 13.3. The number of hydrogen-bond acceptors (Lipinski definition) is 5. The molecule has 2 saturated heterocycles. The maximum absolute atomic E-state index is 13.4. The Morgan fingerprint density at radius 3 is 2.16 bits per heavy atom. The quantitative estimate of drug-likeness (QED) is 0.357. The fourth-order valence-corrected chi connectivity index (χ4v) is 5.30. The summed E-state index contributed by atoms with van der Waals surface area (Å²) in [6.07, 6.45) is 3.52. The zero-order chi connectivity index (χ0) is 26.9. The molecule has 2 fully saturated rings. The number of carboxylic acids is 1. The lowest BCUT2D eigenvalue weighted by molar-refractivity contribution is -0.142. The van der Waals surface area contributed by atoms with Crippen LogP contribution in [-0.4, -0.2) is 71.0 Å². The first-order chi connectivity index (χ1) is 18.4. The molecule has 202 valence electrons. The predicted octanol–water partition coefficient (Wildman–Crippen LogP) is 1.66. The van der Waals surface area contributed by atoms with Gasteiger partial charge in [0.2, 0.25) is 17.7 Å². The Balaban J connectivity index is 1.42. The lowest BCUT2D eigenvalue weighted by Gasteiger charge is -2.28. The summed E-state index contributed by atoms with van der Waals surface area (Å²) in [5.41, 5.74) is 1.75. The van der Waals surface area contributed by atoms with Crippen molar-refractivity contribution in [1.82, 2.24) is 20.9 Å². The summed E-state index contributed by atoms with van der Waals surface area (Å²) in [4.78, 5) is 52.9. The van der Waals surface area contributed by atoms with Crippen LogP contribution in [0.25, 0.3) is 0 Å². The van der Waals surface area contributed by atoms with Gasteiger partial charge in [0.15, 0.2) is 0 Å². The Morgan fingerprint density at radius 1 is 0.895 bits per heavy atom. The molecule has 0 saturated carbocycles. The molecule has 38 heavy (non-hydrogen) atoms. The zero-order valence-electron chi connectivity index (χ0n) is 21.5. The van der Waals surface area contributed by atoms with Crippen LogP contribution in [0.3, 0.4) is 0 Å². The number of aliphatic carboxylic acids is 1. The highest BCUT2D eigenvalue weighted by atomic mass is 16.4. The highest BCUT2D eigenvalue weighted by Crippen LogP contribution is 2.21. The number of carbonyl (C=O) groups excluding carboxylic acids is 3. The monoisotopic (exact) mass is 520 g/mol. The van der Waals surface area contributed by atoms with Crippen LogP contribution in [0.5, 0.6) is 0 Å². The maximum Gasteiger partial charge on any atom is 0.326 e. The van der Waals surface area contributed by atoms with E-state index in [4.69, 9.17) is 0 Å². The highest BCUT2D eigenvalue weighted by molar-refractivity contribution is 5.91. The van der Waals surface area contributed by atoms with Crippen molar-refractivity contribution in [2.45, 2.75) is 69.1 Å². The molecule has 4 N–H and O–H groups in total. The molecule has 2 heterocycles. The summed E-state index contributed by atoms with van der Waals surface area (Å²) in [5, 5.41) is 18.5. The fraction of sp³-hybridized carbons (Fsp3) is 0.448. The molecule has 4 rings (SSSR count). The Labute approximate surface area is 223 Å². The van der Waals surface area contributed by atoms with Crippen LogP contribution in [0.15, 0.2) is 60.7 Å². The first-order valence-corrected chi connectivity index (χ1v) is 13.3. The second kappa shape index (κ2) is 13.2. The molecule has 0 aromatic heterocycles. The molecule has 0 unspecified atom stereocenters. The minimum absolute atomic E-state index is 0.0392. The van der Waals surface area contributed by atoms with Crippen molar-refractivity contribution in [3.8, 4) is 0 Å². The van der Waals surface area contributed by atoms with Gasteiger partial charge in [0, 0.05) is 25.4 Å². The number of hydrogen-bond donors (Lipinski definition) is 4. The normalized spacial score (nSPS) is 20.5. The maximum atomic E-state index is 13.4. The molecule has 2 aliphatic heterocycles. The van der Waals surface area contributed by atoms with Crippen molar-refractivity contribution in [2.24, 2.45) is 0 Å². The molecule has 0 radical (unpaired) electrons. The number of nitrogens with one attached hydrogen (secondary N) is 3. The van der Waals surface area contributed by atoms with Gasteiger partial charge in [-0.1, -0.05) is 60.7 Å². The van der Waals surface area contributed by atoms with Crippen molar-refractivity contribution in [2.75, 3.05) is 13.1 Å². The lowest BCUT2D eigenvalue weighted by Crippen LogP contribution is -2.53. The summed E-state index contributed by atoms with van der Waals surface area (Å²) >= 11 is 0. The smallest absolute Gasteiger partial charge is 0.326 e. The van der Waals surface area contributed by atoms with Gasteiger partial charge in [0.25, 0.3) is 0 Å². The van der Waals surface area contributed by atoms with E-state index < -0.39 is 30.0 Å². The van der Waals surface area contributed by atoms with Crippen molar-refractivity contribution < 1.29 is 24.3 Å². The molecule has 0 spiro atoms. The van der Waals surface area contributed by atoms with E-state index in [9.17, 15) is 24.3 Å². The number of rotatable bonds is 11. The van der Waals surface area contributed by atoms with Crippen LogP contribution in [0.2, 0.25) is 0 Å². The summed E-state index contributed by atoms with van der Waals surface area (Å²) in [7, 11) is 0. The standard InChI is InChI=1S/C29H36N4O5/c34-26(32-24(29(37)38)18-21-11-5-2-6-12-21)19-22(17-20-9-3-1-4-10-20)31-27(35)25-14-8-16-33(25)28(36)23-13-7-15-30-23/h1-6,9-12,22-25,30H,7-8,13-19H2,(H,31,35)(H,32,34)(H,37,38)/t22-,23-,24+,25-/m0/s1. The van der Waals surface area contributed by atoms with E-state index in [0.717, 1.165) is 36.9 Å². The third kappa shape index (κ3) is 7.41. The SMILES string of the molecule is O=C(C[C@H](Cc1ccccc1)NC(=O)[C@@H]1CCCN1C(=O)[C@@H]1CCCN1)N[C@H](Cc1ccccc1)C(=O)O. The number of benzene rings is 2. The van der Waals surface area contributed by atoms with Gasteiger partial charge >= 0.3 is 5.97 Å². The van der Waals surface area contributed by atoms with Gasteiger partial charge in [-0.2, -0.15) is 0 Å². The molecular formula is C29H36N4O5. The van der Waals surface area contributed by atoms with Crippen molar-refractivity contribution >= 4 is 23.7 Å². The van der Waals surface area contributed by atoms with Crippen LogP contribution in [-0.2, 0) is 32.0 Å². The summed E-state index contributed by atoms with van der Waals surface area (Å²) in [5.74, 6) is -1.89. The molecule has 9 heteroatoms. The summed E-state index contributed by atoms with van der Waals surface area (Å²) in [6, 6.07) is 16.2. The van der Waals surface area contributed by atoms with Crippen LogP contribution in [0, 0.1) is 0 Å². The van der Waals surface area contributed by atoms with E-state index in [1.54, 1.807) is 4.90 Å². The Hall–Kier alpha value is -3.72. The van der Waals surface area contributed by atoms with Crippen LogP contribution >= 0.6 is 0 Å².